The second-order valence-electron chi connectivity index (χ2n) is 5.69. The smallest absolute Gasteiger partial charge is 0.410 e. The topological polar surface area (TPSA) is 66.8 Å². The Hall–Kier alpha value is -2.04. The highest BCUT2D eigenvalue weighted by Gasteiger charge is 2.40. The molecular weight excluding hydrogens is 270 g/mol. The molecule has 1 amide bonds. The summed E-state index contributed by atoms with van der Waals surface area (Å²) in [6.45, 7) is 2.81. The summed E-state index contributed by atoms with van der Waals surface area (Å²) in [5.74, 6) is -0.833. The lowest BCUT2D eigenvalue weighted by atomic mass is 9.93. The van der Waals surface area contributed by atoms with Crippen molar-refractivity contribution in [3.8, 4) is 0 Å². The molecule has 5 nitrogen and oxygen atoms in total. The van der Waals surface area contributed by atoms with E-state index in [1.54, 1.807) is 4.90 Å². The van der Waals surface area contributed by atoms with Crippen LogP contribution in [0, 0.1) is 0 Å². The Bertz CT molecular complexity index is 502. The molecule has 1 saturated heterocycles. The number of carboxylic acid groups (broad SMARTS) is 1. The molecule has 1 heterocycles. The van der Waals surface area contributed by atoms with Gasteiger partial charge < -0.3 is 14.7 Å². The second-order valence-corrected chi connectivity index (χ2v) is 5.69. The summed E-state index contributed by atoms with van der Waals surface area (Å²) < 4.78 is 5.35. The largest absolute Gasteiger partial charge is 0.481 e. The average molecular weight is 291 g/mol. The first-order valence-electron chi connectivity index (χ1n) is 7.21. The lowest BCUT2D eigenvalue weighted by molar-refractivity contribution is -0.137. The van der Waals surface area contributed by atoms with E-state index in [0.29, 0.717) is 13.0 Å². The van der Waals surface area contributed by atoms with E-state index in [0.717, 1.165) is 18.4 Å². The van der Waals surface area contributed by atoms with Gasteiger partial charge in [-0.1, -0.05) is 30.3 Å². The standard InChI is InChI=1S/C16H21NO4/c1-16(10-8-14(18)19)9-5-11-17(16)15(20)21-12-13-6-3-2-4-7-13/h2-4,6-7H,5,8-12H2,1H3,(H,18,19)/t16-/m0/s1. The van der Waals surface area contributed by atoms with Crippen molar-refractivity contribution in [1.82, 2.24) is 4.90 Å². The zero-order chi connectivity index (χ0) is 15.3. The first-order valence-corrected chi connectivity index (χ1v) is 7.21. The van der Waals surface area contributed by atoms with Crippen LogP contribution in [0.4, 0.5) is 4.79 Å². The van der Waals surface area contributed by atoms with Gasteiger partial charge in [0, 0.05) is 18.5 Å². The van der Waals surface area contributed by atoms with Crippen LogP contribution in [0.3, 0.4) is 0 Å². The number of carboxylic acids is 1. The number of hydrogen-bond acceptors (Lipinski definition) is 3. The van der Waals surface area contributed by atoms with Crippen LogP contribution >= 0.6 is 0 Å². The van der Waals surface area contributed by atoms with Crippen molar-refractivity contribution in [1.29, 1.82) is 0 Å². The van der Waals surface area contributed by atoms with E-state index in [1.165, 1.54) is 0 Å². The minimum absolute atomic E-state index is 0.0684. The second kappa shape index (κ2) is 6.61. The molecule has 114 valence electrons. The van der Waals surface area contributed by atoms with E-state index < -0.39 is 11.5 Å². The van der Waals surface area contributed by atoms with Gasteiger partial charge in [0.1, 0.15) is 6.61 Å². The van der Waals surface area contributed by atoms with Crippen LogP contribution in [0.2, 0.25) is 0 Å². The number of benzene rings is 1. The highest BCUT2D eigenvalue weighted by Crippen LogP contribution is 2.33. The summed E-state index contributed by atoms with van der Waals surface area (Å²) in [4.78, 5) is 24.7. The number of carbonyl (C=O) groups is 2. The van der Waals surface area contributed by atoms with Crippen molar-refractivity contribution in [2.45, 2.75) is 44.8 Å². The molecule has 1 aliphatic heterocycles. The van der Waals surface area contributed by atoms with Gasteiger partial charge in [-0.3, -0.25) is 4.79 Å². The summed E-state index contributed by atoms with van der Waals surface area (Å²) in [6.07, 6.45) is 1.88. The molecule has 5 heteroatoms. The highest BCUT2D eigenvalue weighted by molar-refractivity contribution is 5.70. The van der Waals surface area contributed by atoms with Gasteiger partial charge in [0.25, 0.3) is 0 Å². The number of rotatable bonds is 5. The molecule has 0 unspecified atom stereocenters. The predicted octanol–water partition coefficient (Wildman–Crippen LogP) is 3.04. The molecule has 1 N–H and O–H groups in total. The van der Waals surface area contributed by atoms with Gasteiger partial charge in [-0.2, -0.15) is 0 Å². The Morgan fingerprint density at radius 2 is 2.05 bits per heavy atom. The van der Waals surface area contributed by atoms with Crippen molar-refractivity contribution in [3.05, 3.63) is 35.9 Å². The van der Waals surface area contributed by atoms with Crippen molar-refractivity contribution >= 4 is 12.1 Å². The van der Waals surface area contributed by atoms with Gasteiger partial charge in [-0.05, 0) is 31.7 Å². The first kappa shape index (κ1) is 15.4. The summed E-state index contributed by atoms with van der Waals surface area (Å²) in [7, 11) is 0. The van der Waals surface area contributed by atoms with Crippen LogP contribution in [0.15, 0.2) is 30.3 Å². The lowest BCUT2D eigenvalue weighted by Crippen LogP contribution is -2.45. The van der Waals surface area contributed by atoms with Crippen LogP contribution in [-0.2, 0) is 16.1 Å². The highest BCUT2D eigenvalue weighted by atomic mass is 16.6. The fourth-order valence-corrected chi connectivity index (χ4v) is 2.77. The van der Waals surface area contributed by atoms with E-state index in [1.807, 2.05) is 37.3 Å². The molecule has 0 bridgehead atoms. The van der Waals surface area contributed by atoms with Gasteiger partial charge in [0.05, 0.1) is 0 Å². The third-order valence-electron chi connectivity index (χ3n) is 4.05. The molecule has 0 saturated carbocycles. The third kappa shape index (κ3) is 3.97. The third-order valence-corrected chi connectivity index (χ3v) is 4.05. The SMILES string of the molecule is C[C@@]1(CCC(=O)O)CCCN1C(=O)OCc1ccccc1. The Morgan fingerprint density at radius 3 is 2.71 bits per heavy atom. The van der Waals surface area contributed by atoms with Crippen molar-refractivity contribution in [3.63, 3.8) is 0 Å². The average Bonchev–Trinajstić information content (AvgIpc) is 2.86. The molecule has 1 atom stereocenters. The van der Waals surface area contributed by atoms with Crippen LogP contribution in [0.25, 0.3) is 0 Å². The number of hydrogen-bond donors (Lipinski definition) is 1. The maximum atomic E-state index is 12.2. The molecule has 21 heavy (non-hydrogen) atoms. The normalized spacial score (nSPS) is 21.3. The minimum atomic E-state index is -0.833. The molecular formula is C16H21NO4. The number of likely N-dealkylation sites (tertiary alicyclic amines) is 1. The Labute approximate surface area is 124 Å². The van der Waals surface area contributed by atoms with Crippen LogP contribution in [-0.4, -0.2) is 34.2 Å². The van der Waals surface area contributed by atoms with E-state index in [2.05, 4.69) is 0 Å². The summed E-state index contributed by atoms with van der Waals surface area (Å²) in [5.41, 5.74) is 0.531. The quantitative estimate of drug-likeness (QED) is 0.905. The number of aliphatic carboxylic acids is 1. The Morgan fingerprint density at radius 1 is 1.33 bits per heavy atom. The number of carbonyl (C=O) groups excluding carboxylic acids is 1. The fraction of sp³-hybridized carbons (Fsp3) is 0.500. The fourth-order valence-electron chi connectivity index (χ4n) is 2.77. The van der Waals surface area contributed by atoms with Gasteiger partial charge in [0.2, 0.25) is 0 Å². The van der Waals surface area contributed by atoms with Gasteiger partial charge in [-0.15, -0.1) is 0 Å². The molecule has 2 rings (SSSR count). The zero-order valence-corrected chi connectivity index (χ0v) is 12.2. The predicted molar refractivity (Wildman–Crippen MR) is 77.8 cm³/mol. The van der Waals surface area contributed by atoms with E-state index in [-0.39, 0.29) is 19.1 Å². The molecule has 0 radical (unpaired) electrons. The summed E-state index contributed by atoms with van der Waals surface area (Å²) in [5, 5.41) is 8.83. The van der Waals surface area contributed by atoms with Crippen LogP contribution < -0.4 is 0 Å². The van der Waals surface area contributed by atoms with Gasteiger partial charge >= 0.3 is 12.1 Å². The molecule has 1 aliphatic rings. The molecule has 1 aromatic rings. The Balaban J connectivity index is 1.92. The molecule has 1 fully saturated rings. The van der Waals surface area contributed by atoms with E-state index in [4.69, 9.17) is 9.84 Å². The Kier molecular flexibility index (Phi) is 4.83. The number of ether oxygens (including phenoxy) is 1. The maximum absolute atomic E-state index is 12.2. The number of amides is 1. The lowest BCUT2D eigenvalue weighted by Gasteiger charge is -2.34. The van der Waals surface area contributed by atoms with E-state index in [9.17, 15) is 9.59 Å². The van der Waals surface area contributed by atoms with Crippen molar-refractivity contribution < 1.29 is 19.4 Å². The molecule has 0 aromatic heterocycles. The minimum Gasteiger partial charge on any atom is -0.481 e. The monoisotopic (exact) mass is 291 g/mol. The molecule has 1 aromatic carbocycles. The van der Waals surface area contributed by atoms with Crippen molar-refractivity contribution in [2.24, 2.45) is 0 Å². The van der Waals surface area contributed by atoms with Crippen LogP contribution in [0.1, 0.15) is 38.2 Å². The molecule has 0 spiro atoms. The van der Waals surface area contributed by atoms with E-state index >= 15 is 0 Å². The maximum Gasteiger partial charge on any atom is 0.410 e. The number of nitrogens with zero attached hydrogens (tertiary/aromatic N) is 1. The summed E-state index contributed by atoms with van der Waals surface area (Å²) in [6, 6.07) is 9.52. The van der Waals surface area contributed by atoms with Crippen molar-refractivity contribution in [2.75, 3.05) is 6.54 Å². The van der Waals surface area contributed by atoms with Gasteiger partial charge in [0.15, 0.2) is 0 Å². The first-order chi connectivity index (χ1) is 10.0. The van der Waals surface area contributed by atoms with Gasteiger partial charge in [-0.25, -0.2) is 4.79 Å². The van der Waals surface area contributed by atoms with Crippen LogP contribution in [0.5, 0.6) is 0 Å². The molecule has 0 aliphatic carbocycles. The zero-order valence-electron chi connectivity index (χ0n) is 12.2. The summed E-state index contributed by atoms with van der Waals surface area (Å²) >= 11 is 0.